The van der Waals surface area contributed by atoms with Crippen LogP contribution in [0.5, 0.6) is 0 Å². The smallest absolute Gasteiger partial charge is 0.306 e. The van der Waals surface area contributed by atoms with Gasteiger partial charge in [0.25, 0.3) is 0 Å². The Bertz CT molecular complexity index is 1120. The largest absolute Gasteiger partial charge is 0.544 e. The van der Waals surface area contributed by atoms with Gasteiger partial charge in [-0.1, -0.05) is 204 Å². The van der Waals surface area contributed by atoms with Gasteiger partial charge in [0.1, 0.15) is 12.6 Å². The summed E-state index contributed by atoms with van der Waals surface area (Å²) in [6, 6.07) is -0.737. The molecule has 2 atom stereocenters. The number of carboxylic acid groups (broad SMARTS) is 1. The first-order chi connectivity index (χ1) is 29.1. The lowest BCUT2D eigenvalue weighted by molar-refractivity contribution is -0.889. The van der Waals surface area contributed by atoms with Crippen molar-refractivity contribution in [3.63, 3.8) is 0 Å². The number of carbonyl (C=O) groups is 3. The number of carboxylic acids is 1. The second-order valence-corrected chi connectivity index (χ2v) is 17.7. The molecule has 8 nitrogen and oxygen atoms in total. The van der Waals surface area contributed by atoms with E-state index in [9.17, 15) is 19.5 Å². The maximum absolute atomic E-state index is 12.7. The third kappa shape index (κ3) is 40.7. The minimum absolute atomic E-state index is 0.0132. The molecule has 348 valence electrons. The zero-order chi connectivity index (χ0) is 44.2. The lowest BCUT2D eigenvalue weighted by Crippen LogP contribution is -2.55. The summed E-state index contributed by atoms with van der Waals surface area (Å²) >= 11 is 0. The molecule has 0 rings (SSSR count). The summed E-state index contributed by atoms with van der Waals surface area (Å²) < 4.78 is 17.1. The summed E-state index contributed by atoms with van der Waals surface area (Å²) in [5.41, 5.74) is 0. The molecule has 0 radical (unpaired) electrons. The second kappa shape index (κ2) is 43.0. The van der Waals surface area contributed by atoms with Crippen LogP contribution in [0.1, 0.15) is 213 Å². The van der Waals surface area contributed by atoms with Gasteiger partial charge in [-0.15, -0.1) is 0 Å². The minimum Gasteiger partial charge on any atom is -0.544 e. The summed E-state index contributed by atoms with van der Waals surface area (Å²) in [4.78, 5) is 36.9. The molecule has 60 heavy (non-hydrogen) atoms. The summed E-state index contributed by atoms with van der Waals surface area (Å²) in [5.74, 6) is -1.83. The predicted molar refractivity (Wildman–Crippen MR) is 250 cm³/mol. The van der Waals surface area contributed by atoms with Gasteiger partial charge in [-0.25, -0.2) is 0 Å². The van der Waals surface area contributed by atoms with Crippen LogP contribution in [0, 0.1) is 0 Å². The van der Waals surface area contributed by atoms with Gasteiger partial charge in [-0.05, 0) is 38.5 Å². The number of hydrogen-bond acceptors (Lipinski definition) is 7. The fraction of sp³-hybridized carbons (Fsp3) is 0.788. The Labute approximate surface area is 369 Å². The molecule has 0 fully saturated rings. The Morgan fingerprint density at radius 2 is 0.933 bits per heavy atom. The highest BCUT2D eigenvalue weighted by Crippen LogP contribution is 2.16. The highest BCUT2D eigenvalue weighted by atomic mass is 16.6. The first kappa shape index (κ1) is 57.3. The van der Waals surface area contributed by atoms with Crippen molar-refractivity contribution in [2.45, 2.75) is 225 Å². The number of likely N-dealkylation sites (N-methyl/N-ethyl adjacent to an activating group) is 1. The second-order valence-electron chi connectivity index (χ2n) is 17.7. The van der Waals surface area contributed by atoms with Gasteiger partial charge in [0.2, 0.25) is 0 Å². The van der Waals surface area contributed by atoms with Crippen molar-refractivity contribution in [3.05, 3.63) is 48.6 Å². The Morgan fingerprint density at radius 1 is 0.517 bits per heavy atom. The van der Waals surface area contributed by atoms with Crippen LogP contribution in [0.15, 0.2) is 48.6 Å². The number of allylic oxidation sites excluding steroid dienone is 8. The maximum Gasteiger partial charge on any atom is 0.306 e. The van der Waals surface area contributed by atoms with Gasteiger partial charge < -0.3 is 28.6 Å². The first-order valence-electron chi connectivity index (χ1n) is 24.7. The molecule has 0 N–H and O–H groups in total. The third-order valence-electron chi connectivity index (χ3n) is 11.0. The Balaban J connectivity index is 4.21. The van der Waals surface area contributed by atoms with Gasteiger partial charge >= 0.3 is 11.9 Å². The van der Waals surface area contributed by atoms with E-state index in [-0.39, 0.29) is 43.1 Å². The van der Waals surface area contributed by atoms with Crippen molar-refractivity contribution in [2.75, 3.05) is 41.0 Å². The number of carbonyl (C=O) groups excluding carboxylic acids is 3. The van der Waals surface area contributed by atoms with E-state index < -0.39 is 24.1 Å². The summed E-state index contributed by atoms with van der Waals surface area (Å²) in [7, 11) is 5.39. The molecular formula is C52H93NO7. The van der Waals surface area contributed by atoms with Gasteiger partial charge in [0.05, 0.1) is 40.3 Å². The van der Waals surface area contributed by atoms with Gasteiger partial charge in [-0.2, -0.15) is 0 Å². The number of unbranched alkanes of at least 4 members (excludes halogenated alkanes) is 22. The predicted octanol–water partition coefficient (Wildman–Crippen LogP) is 12.6. The third-order valence-corrected chi connectivity index (χ3v) is 11.0. The number of hydrogen-bond donors (Lipinski definition) is 0. The quantitative estimate of drug-likeness (QED) is 0.0260. The van der Waals surface area contributed by atoms with Crippen molar-refractivity contribution in [1.82, 2.24) is 0 Å². The van der Waals surface area contributed by atoms with E-state index in [0.717, 1.165) is 44.9 Å². The van der Waals surface area contributed by atoms with E-state index >= 15 is 0 Å². The molecule has 0 spiro atoms. The zero-order valence-electron chi connectivity index (χ0n) is 39.6. The van der Waals surface area contributed by atoms with Gasteiger partial charge in [0, 0.05) is 19.3 Å². The molecule has 0 aliphatic rings. The molecule has 0 aromatic heterocycles. The zero-order valence-corrected chi connectivity index (χ0v) is 39.6. The Morgan fingerprint density at radius 3 is 1.35 bits per heavy atom. The van der Waals surface area contributed by atoms with E-state index in [1.165, 1.54) is 128 Å². The SMILES string of the molecule is CC/C=C\C/C=C\C/C=C\C/C=C\CCC(=O)OC(COCCC(C(=O)[O-])[N+](C)(C)C)COC(=O)CCCCCCCCCCCCCCCCCCCCCCCCC. The van der Waals surface area contributed by atoms with Crippen LogP contribution in [-0.4, -0.2) is 75.5 Å². The summed E-state index contributed by atoms with van der Waals surface area (Å²) in [6.45, 7) is 4.49. The Kier molecular flexibility index (Phi) is 41.0. The van der Waals surface area contributed by atoms with Crippen LogP contribution >= 0.6 is 0 Å². The molecule has 0 aliphatic carbocycles. The molecule has 0 aliphatic heterocycles. The lowest BCUT2D eigenvalue weighted by atomic mass is 10.0. The molecule has 0 saturated heterocycles. The molecule has 0 aromatic carbocycles. The molecule has 0 heterocycles. The molecule has 2 unspecified atom stereocenters. The van der Waals surface area contributed by atoms with Crippen molar-refractivity contribution < 1.29 is 38.2 Å². The molecule has 8 heteroatoms. The Hall–Kier alpha value is -2.71. The lowest BCUT2D eigenvalue weighted by Gasteiger charge is -2.34. The van der Waals surface area contributed by atoms with E-state index in [4.69, 9.17) is 14.2 Å². The molecule has 0 saturated carbocycles. The highest BCUT2D eigenvalue weighted by molar-refractivity contribution is 5.70. The van der Waals surface area contributed by atoms with Crippen molar-refractivity contribution in [1.29, 1.82) is 0 Å². The van der Waals surface area contributed by atoms with Crippen molar-refractivity contribution in [2.24, 2.45) is 0 Å². The van der Waals surface area contributed by atoms with Crippen LogP contribution in [-0.2, 0) is 28.6 Å². The molecule has 0 bridgehead atoms. The van der Waals surface area contributed by atoms with Gasteiger partial charge in [0.15, 0.2) is 6.10 Å². The number of rotatable bonds is 44. The molecule has 0 amide bonds. The van der Waals surface area contributed by atoms with E-state index in [1.54, 1.807) is 21.1 Å². The van der Waals surface area contributed by atoms with E-state index in [1.807, 2.05) is 12.2 Å². The van der Waals surface area contributed by atoms with Crippen LogP contribution in [0.2, 0.25) is 0 Å². The van der Waals surface area contributed by atoms with Gasteiger partial charge in [-0.3, -0.25) is 9.59 Å². The highest BCUT2D eigenvalue weighted by Gasteiger charge is 2.25. The van der Waals surface area contributed by atoms with E-state index in [0.29, 0.717) is 12.8 Å². The molecular weight excluding hydrogens is 751 g/mol. The first-order valence-corrected chi connectivity index (χ1v) is 24.7. The average Bonchev–Trinajstić information content (AvgIpc) is 3.21. The monoisotopic (exact) mass is 844 g/mol. The van der Waals surface area contributed by atoms with Crippen LogP contribution in [0.3, 0.4) is 0 Å². The van der Waals surface area contributed by atoms with Crippen molar-refractivity contribution >= 4 is 17.9 Å². The van der Waals surface area contributed by atoms with Crippen molar-refractivity contribution in [3.8, 4) is 0 Å². The standard InChI is InChI=1S/C52H93NO7/c1-6-8-10-12-14-16-18-20-21-22-23-24-25-26-27-28-29-31-32-34-36-38-40-42-50(54)59-47-48(46-58-45-44-49(52(56)57)53(3,4)5)60-51(55)43-41-39-37-35-33-30-19-17-15-13-11-9-7-2/h9,11,15,17,30,33,37,39,48-49H,6-8,10,12-14,16,18-29,31-32,34-36,38,40-47H2,1-5H3/b11-9-,17-15-,33-30-,39-37-. The number of esters is 2. The molecule has 0 aromatic rings. The normalized spacial score (nSPS) is 13.3. The number of nitrogens with zero attached hydrogens (tertiary/aromatic N) is 1. The number of aliphatic carboxylic acids is 1. The number of ether oxygens (including phenoxy) is 3. The maximum atomic E-state index is 12.7. The average molecular weight is 844 g/mol. The summed E-state index contributed by atoms with van der Waals surface area (Å²) in [6.07, 6.45) is 51.7. The topological polar surface area (TPSA) is 102 Å². The fourth-order valence-corrected chi connectivity index (χ4v) is 7.20. The fourth-order valence-electron chi connectivity index (χ4n) is 7.20. The minimum atomic E-state index is -1.13. The van der Waals surface area contributed by atoms with Crippen LogP contribution in [0.25, 0.3) is 0 Å². The summed E-state index contributed by atoms with van der Waals surface area (Å²) in [5, 5.41) is 11.6. The van der Waals surface area contributed by atoms with Crippen LogP contribution < -0.4 is 5.11 Å². The van der Waals surface area contributed by atoms with Crippen LogP contribution in [0.4, 0.5) is 0 Å². The number of quaternary nitrogens is 1. The van der Waals surface area contributed by atoms with E-state index in [2.05, 4.69) is 50.3 Å².